The largest absolute Gasteiger partial charge is 0.496 e. The molecule has 0 atom stereocenters. The molecule has 0 aliphatic heterocycles. The second-order valence-corrected chi connectivity index (χ2v) is 4.46. The quantitative estimate of drug-likeness (QED) is 0.629. The van der Waals surface area contributed by atoms with E-state index in [1.807, 2.05) is 18.2 Å². The van der Waals surface area contributed by atoms with E-state index < -0.39 is 0 Å². The van der Waals surface area contributed by atoms with Crippen molar-refractivity contribution in [1.29, 1.82) is 0 Å². The molecule has 0 saturated carbocycles. The van der Waals surface area contributed by atoms with Gasteiger partial charge in [-0.15, -0.1) is 0 Å². The van der Waals surface area contributed by atoms with Gasteiger partial charge in [0.1, 0.15) is 5.75 Å². The van der Waals surface area contributed by atoms with E-state index in [4.69, 9.17) is 4.74 Å². The number of ether oxygens (including phenoxy) is 1. The van der Waals surface area contributed by atoms with Crippen molar-refractivity contribution in [2.75, 3.05) is 12.9 Å². The number of carbonyl (C=O) groups excluding carboxylic acids is 1. The fourth-order valence-corrected chi connectivity index (χ4v) is 1.81. The van der Waals surface area contributed by atoms with E-state index in [-0.39, 0.29) is 5.78 Å². The molecule has 0 amide bonds. The predicted molar refractivity (Wildman–Crippen MR) is 69.9 cm³/mol. The molecule has 0 N–H and O–H groups in total. The van der Waals surface area contributed by atoms with Crippen molar-refractivity contribution in [3.05, 3.63) is 29.3 Å². The van der Waals surface area contributed by atoms with Gasteiger partial charge in [-0.1, -0.05) is 13.8 Å². The minimum absolute atomic E-state index is 0.138. The third kappa shape index (κ3) is 3.01. The Hall–Kier alpha value is -0.960. The van der Waals surface area contributed by atoms with Gasteiger partial charge < -0.3 is 4.74 Å². The van der Waals surface area contributed by atoms with E-state index in [0.29, 0.717) is 18.1 Å². The highest BCUT2D eigenvalue weighted by atomic mass is 32.1. The first-order valence-corrected chi connectivity index (χ1v) is 6.05. The van der Waals surface area contributed by atoms with Crippen molar-refractivity contribution in [2.45, 2.75) is 26.2 Å². The van der Waals surface area contributed by atoms with Crippen LogP contribution in [0, 0.1) is 0 Å². The summed E-state index contributed by atoms with van der Waals surface area (Å²) in [6.45, 7) is 4.18. The number of carbonyl (C=O) groups is 1. The van der Waals surface area contributed by atoms with Gasteiger partial charge in [0.2, 0.25) is 0 Å². The van der Waals surface area contributed by atoms with Crippen molar-refractivity contribution in [3.63, 3.8) is 0 Å². The monoisotopic (exact) mass is 238 g/mol. The van der Waals surface area contributed by atoms with Gasteiger partial charge in [-0.25, -0.2) is 0 Å². The average molecular weight is 238 g/mol. The van der Waals surface area contributed by atoms with E-state index in [9.17, 15) is 4.79 Å². The molecular weight excluding hydrogens is 220 g/mol. The summed E-state index contributed by atoms with van der Waals surface area (Å²) in [5, 5.41) is 0. The summed E-state index contributed by atoms with van der Waals surface area (Å²) >= 11 is 4.07. The summed E-state index contributed by atoms with van der Waals surface area (Å²) in [4.78, 5) is 11.7. The van der Waals surface area contributed by atoms with Gasteiger partial charge in [0, 0.05) is 12.0 Å². The van der Waals surface area contributed by atoms with Crippen molar-refractivity contribution in [1.82, 2.24) is 0 Å². The van der Waals surface area contributed by atoms with Gasteiger partial charge in [-0.3, -0.25) is 4.79 Å². The van der Waals surface area contributed by atoms with Crippen LogP contribution in [0.1, 0.15) is 42.1 Å². The van der Waals surface area contributed by atoms with Gasteiger partial charge in [0.25, 0.3) is 0 Å². The zero-order valence-corrected chi connectivity index (χ0v) is 10.9. The lowest BCUT2D eigenvalue weighted by Gasteiger charge is -2.13. The Labute approximate surface area is 102 Å². The number of methoxy groups -OCH3 is 1. The maximum absolute atomic E-state index is 11.7. The van der Waals surface area contributed by atoms with Crippen LogP contribution in [0.15, 0.2) is 18.2 Å². The first-order valence-electron chi connectivity index (χ1n) is 5.42. The van der Waals surface area contributed by atoms with E-state index in [1.165, 1.54) is 0 Å². The molecule has 0 fully saturated rings. The van der Waals surface area contributed by atoms with Gasteiger partial charge in [-0.2, -0.15) is 12.6 Å². The van der Waals surface area contributed by atoms with E-state index in [1.54, 1.807) is 7.11 Å². The lowest BCUT2D eigenvalue weighted by molar-refractivity contribution is 0.0989. The normalized spacial score (nSPS) is 10.6. The molecule has 0 heterocycles. The lowest BCUT2D eigenvalue weighted by Crippen LogP contribution is -2.02. The summed E-state index contributed by atoms with van der Waals surface area (Å²) in [5.41, 5.74) is 1.83. The number of hydrogen-bond donors (Lipinski definition) is 1. The van der Waals surface area contributed by atoms with Crippen LogP contribution in [0.5, 0.6) is 5.75 Å². The molecule has 3 heteroatoms. The Kier molecular flexibility index (Phi) is 4.87. The van der Waals surface area contributed by atoms with Crippen LogP contribution in [0.3, 0.4) is 0 Å². The fraction of sp³-hybridized carbons (Fsp3) is 0.462. The maximum atomic E-state index is 11.7. The molecular formula is C13H18O2S. The summed E-state index contributed by atoms with van der Waals surface area (Å²) in [5.74, 6) is 1.91. The van der Waals surface area contributed by atoms with Crippen LogP contribution in [0.2, 0.25) is 0 Å². The van der Waals surface area contributed by atoms with Gasteiger partial charge in [-0.05, 0) is 35.4 Å². The molecule has 0 spiro atoms. The Balaban J connectivity index is 3.06. The zero-order chi connectivity index (χ0) is 12.1. The molecule has 1 aromatic carbocycles. The third-order valence-corrected chi connectivity index (χ3v) is 2.74. The third-order valence-electron chi connectivity index (χ3n) is 2.51. The zero-order valence-electron chi connectivity index (χ0n) is 9.99. The average Bonchev–Trinajstić information content (AvgIpc) is 2.28. The van der Waals surface area contributed by atoms with E-state index >= 15 is 0 Å². The van der Waals surface area contributed by atoms with Crippen LogP contribution < -0.4 is 4.74 Å². The topological polar surface area (TPSA) is 26.3 Å². The van der Waals surface area contributed by atoms with Crippen LogP contribution in [0.25, 0.3) is 0 Å². The highest BCUT2D eigenvalue weighted by molar-refractivity contribution is 7.80. The fourth-order valence-electron chi connectivity index (χ4n) is 1.60. The molecule has 0 radical (unpaired) electrons. The molecule has 0 unspecified atom stereocenters. The molecule has 1 aromatic rings. The second kappa shape index (κ2) is 5.94. The molecule has 0 bridgehead atoms. The molecule has 16 heavy (non-hydrogen) atoms. The Morgan fingerprint density at radius 1 is 1.44 bits per heavy atom. The predicted octanol–water partition coefficient (Wildman–Crippen LogP) is 3.32. The van der Waals surface area contributed by atoms with Crippen LogP contribution >= 0.6 is 12.6 Å². The Morgan fingerprint density at radius 3 is 2.62 bits per heavy atom. The van der Waals surface area contributed by atoms with Gasteiger partial charge >= 0.3 is 0 Å². The number of rotatable bonds is 5. The number of Topliss-reactive ketones (excluding diaryl/α,β-unsaturated/α-hetero) is 1. The number of ketones is 1. The van der Waals surface area contributed by atoms with Crippen molar-refractivity contribution in [2.24, 2.45) is 0 Å². The van der Waals surface area contributed by atoms with E-state index in [2.05, 4.69) is 26.5 Å². The summed E-state index contributed by atoms with van der Waals surface area (Å²) in [6.07, 6.45) is 0.479. The highest BCUT2D eigenvalue weighted by Gasteiger charge is 2.11. The second-order valence-electron chi connectivity index (χ2n) is 4.01. The first kappa shape index (κ1) is 13.1. The Morgan fingerprint density at radius 2 is 2.12 bits per heavy atom. The molecule has 1 rings (SSSR count). The minimum Gasteiger partial charge on any atom is -0.496 e. The number of benzene rings is 1. The lowest BCUT2D eigenvalue weighted by atomic mass is 9.97. The smallest absolute Gasteiger partial charge is 0.163 e. The van der Waals surface area contributed by atoms with Crippen LogP contribution in [-0.4, -0.2) is 18.6 Å². The first-order chi connectivity index (χ1) is 7.60. The minimum atomic E-state index is 0.138. The molecule has 2 nitrogen and oxygen atoms in total. The summed E-state index contributed by atoms with van der Waals surface area (Å²) in [6, 6.07) is 5.60. The molecule has 0 saturated heterocycles. The number of thiol groups is 1. The molecule has 0 aromatic heterocycles. The van der Waals surface area contributed by atoms with Crippen molar-refractivity contribution in [3.8, 4) is 5.75 Å². The molecule has 0 aliphatic carbocycles. The molecule has 88 valence electrons. The van der Waals surface area contributed by atoms with Gasteiger partial charge in [0.05, 0.1) is 7.11 Å². The van der Waals surface area contributed by atoms with Gasteiger partial charge in [0.15, 0.2) is 5.78 Å². The summed E-state index contributed by atoms with van der Waals surface area (Å²) in [7, 11) is 1.65. The molecule has 0 aliphatic rings. The van der Waals surface area contributed by atoms with Crippen LogP contribution in [-0.2, 0) is 0 Å². The Bertz CT molecular complexity index is 372. The van der Waals surface area contributed by atoms with Crippen molar-refractivity contribution < 1.29 is 9.53 Å². The van der Waals surface area contributed by atoms with E-state index in [0.717, 1.165) is 16.9 Å². The summed E-state index contributed by atoms with van der Waals surface area (Å²) < 4.78 is 5.27. The van der Waals surface area contributed by atoms with Crippen molar-refractivity contribution >= 4 is 18.4 Å². The maximum Gasteiger partial charge on any atom is 0.163 e. The standard InChI is InChI=1S/C13H18O2S/c1-9(2)11-8-10(12(14)6-7-16)4-5-13(11)15-3/h4-5,8-9,16H,6-7H2,1-3H3. The SMILES string of the molecule is COc1ccc(C(=O)CCS)cc1C(C)C. The highest BCUT2D eigenvalue weighted by Crippen LogP contribution is 2.27. The van der Waals surface area contributed by atoms with Crippen LogP contribution in [0.4, 0.5) is 0 Å². The number of hydrogen-bond acceptors (Lipinski definition) is 3.